The van der Waals surface area contributed by atoms with E-state index in [0.29, 0.717) is 23.6 Å². The maximum atomic E-state index is 12.8. The molecule has 1 aromatic carbocycles. The average molecular weight is 311 g/mol. The van der Waals surface area contributed by atoms with E-state index in [2.05, 4.69) is 0 Å². The second kappa shape index (κ2) is 6.89. The number of alkyl halides is 1. The Balaban J connectivity index is 2.34. The van der Waals surface area contributed by atoms with Crippen LogP contribution in [0.3, 0.4) is 0 Å². The summed E-state index contributed by atoms with van der Waals surface area (Å²) < 4.78 is 0. The molecule has 0 saturated carbocycles. The van der Waals surface area contributed by atoms with Crippen LogP contribution in [0.4, 0.5) is 5.69 Å². The van der Waals surface area contributed by atoms with E-state index in [-0.39, 0.29) is 17.6 Å². The molecule has 0 bridgehead atoms. The SMILES string of the molecule is Cc1c(C(=O)N2CCCCCC2CCl)cccc1[N+](=O)[O-]. The fraction of sp³-hybridized carbons (Fsp3) is 0.533. The number of benzene rings is 1. The summed E-state index contributed by atoms with van der Waals surface area (Å²) in [5.74, 6) is 0.253. The van der Waals surface area contributed by atoms with Crippen LogP contribution in [0.1, 0.15) is 41.6 Å². The van der Waals surface area contributed by atoms with Crippen molar-refractivity contribution in [3.05, 3.63) is 39.4 Å². The molecule has 1 aromatic rings. The number of hydrogen-bond donors (Lipinski definition) is 0. The molecule has 6 heteroatoms. The van der Waals surface area contributed by atoms with E-state index < -0.39 is 4.92 Å². The smallest absolute Gasteiger partial charge is 0.273 e. The Morgan fingerprint density at radius 3 is 2.86 bits per heavy atom. The Morgan fingerprint density at radius 1 is 1.43 bits per heavy atom. The van der Waals surface area contributed by atoms with Crippen LogP contribution < -0.4 is 0 Å². The number of hydrogen-bond acceptors (Lipinski definition) is 3. The molecule has 0 aromatic heterocycles. The zero-order valence-corrected chi connectivity index (χ0v) is 12.8. The molecule has 0 N–H and O–H groups in total. The zero-order valence-electron chi connectivity index (χ0n) is 12.0. The molecule has 2 rings (SSSR count). The minimum absolute atomic E-state index is 0.0142. The van der Waals surface area contributed by atoms with Gasteiger partial charge in [-0.25, -0.2) is 0 Å². The lowest BCUT2D eigenvalue weighted by molar-refractivity contribution is -0.385. The molecule has 1 fully saturated rings. The summed E-state index contributed by atoms with van der Waals surface area (Å²) in [4.78, 5) is 25.1. The van der Waals surface area contributed by atoms with E-state index in [1.165, 1.54) is 6.07 Å². The molecule has 114 valence electrons. The summed E-state index contributed by atoms with van der Waals surface area (Å²) in [6.45, 7) is 2.29. The number of nitrogens with zero attached hydrogens (tertiary/aromatic N) is 2. The molecule has 1 amide bonds. The van der Waals surface area contributed by atoms with Gasteiger partial charge >= 0.3 is 0 Å². The van der Waals surface area contributed by atoms with Crippen molar-refractivity contribution in [3.8, 4) is 0 Å². The predicted octanol–water partition coefficient (Wildman–Crippen LogP) is 3.53. The van der Waals surface area contributed by atoms with E-state index in [1.807, 2.05) is 0 Å². The van der Waals surface area contributed by atoms with E-state index >= 15 is 0 Å². The highest BCUT2D eigenvalue weighted by atomic mass is 35.5. The second-order valence-corrected chi connectivity index (χ2v) is 5.67. The van der Waals surface area contributed by atoms with E-state index in [0.717, 1.165) is 25.7 Å². The van der Waals surface area contributed by atoms with Crippen LogP contribution in [-0.2, 0) is 0 Å². The molecule has 1 atom stereocenters. The van der Waals surface area contributed by atoms with Gasteiger partial charge in [-0.3, -0.25) is 14.9 Å². The fourth-order valence-corrected chi connectivity index (χ4v) is 3.13. The number of carbonyl (C=O) groups is 1. The van der Waals surface area contributed by atoms with Crippen LogP contribution in [0.2, 0.25) is 0 Å². The number of halogens is 1. The normalized spacial score (nSPS) is 19.1. The van der Waals surface area contributed by atoms with Gasteiger partial charge in [0.2, 0.25) is 0 Å². The number of amides is 1. The first-order chi connectivity index (χ1) is 10.1. The summed E-state index contributed by atoms with van der Waals surface area (Å²) in [6, 6.07) is 4.65. The third-order valence-corrected chi connectivity index (χ3v) is 4.40. The van der Waals surface area contributed by atoms with Crippen LogP contribution >= 0.6 is 11.6 Å². The summed E-state index contributed by atoms with van der Waals surface area (Å²) >= 11 is 6.00. The Morgan fingerprint density at radius 2 is 2.19 bits per heavy atom. The molecule has 1 heterocycles. The Kier molecular flexibility index (Phi) is 5.17. The Hall–Kier alpha value is -1.62. The monoisotopic (exact) mass is 310 g/mol. The van der Waals surface area contributed by atoms with Crippen molar-refractivity contribution in [2.45, 2.75) is 38.6 Å². The predicted molar refractivity (Wildman–Crippen MR) is 81.8 cm³/mol. The molecular weight excluding hydrogens is 292 g/mol. The first kappa shape index (κ1) is 15.8. The van der Waals surface area contributed by atoms with E-state index in [4.69, 9.17) is 11.6 Å². The lowest BCUT2D eigenvalue weighted by atomic mass is 10.0. The third kappa shape index (κ3) is 3.35. The van der Waals surface area contributed by atoms with Gasteiger partial charge in [0.25, 0.3) is 11.6 Å². The highest BCUT2D eigenvalue weighted by Gasteiger charge is 2.28. The quantitative estimate of drug-likeness (QED) is 0.487. The van der Waals surface area contributed by atoms with Gasteiger partial charge in [0.15, 0.2) is 0 Å². The topological polar surface area (TPSA) is 63.5 Å². The molecule has 1 aliphatic rings. The number of carbonyl (C=O) groups excluding carboxylic acids is 1. The Labute approximate surface area is 129 Å². The van der Waals surface area contributed by atoms with Crippen molar-refractivity contribution >= 4 is 23.2 Å². The second-order valence-electron chi connectivity index (χ2n) is 5.36. The van der Waals surface area contributed by atoms with Crippen LogP contribution in [0.15, 0.2) is 18.2 Å². The molecule has 21 heavy (non-hydrogen) atoms. The summed E-state index contributed by atoms with van der Waals surface area (Å²) in [5, 5.41) is 11.0. The molecule has 0 spiro atoms. The Bertz CT molecular complexity index is 548. The number of nitro groups is 1. The van der Waals surface area contributed by atoms with Gasteiger partial charge in [0.05, 0.1) is 4.92 Å². The van der Waals surface area contributed by atoms with Crippen molar-refractivity contribution in [3.63, 3.8) is 0 Å². The molecule has 0 radical (unpaired) electrons. The van der Waals surface area contributed by atoms with Gasteiger partial charge in [-0.15, -0.1) is 11.6 Å². The lowest BCUT2D eigenvalue weighted by Gasteiger charge is -2.29. The first-order valence-corrected chi connectivity index (χ1v) is 7.70. The maximum absolute atomic E-state index is 12.8. The average Bonchev–Trinajstić information content (AvgIpc) is 2.71. The van der Waals surface area contributed by atoms with Crippen LogP contribution in [0, 0.1) is 17.0 Å². The molecule has 5 nitrogen and oxygen atoms in total. The van der Waals surface area contributed by atoms with Crippen molar-refractivity contribution < 1.29 is 9.72 Å². The standard InChI is InChI=1S/C15H19ClN2O3/c1-11-13(7-5-8-14(11)18(20)21)15(19)17-9-4-2-3-6-12(17)10-16/h5,7-8,12H,2-4,6,9-10H2,1H3. The largest absolute Gasteiger partial charge is 0.334 e. The molecule has 1 aliphatic heterocycles. The van der Waals surface area contributed by atoms with E-state index in [9.17, 15) is 14.9 Å². The van der Waals surface area contributed by atoms with Crippen LogP contribution in [0.5, 0.6) is 0 Å². The third-order valence-electron chi connectivity index (χ3n) is 4.05. The van der Waals surface area contributed by atoms with Gasteiger partial charge in [-0.05, 0) is 25.8 Å². The minimum Gasteiger partial charge on any atom is -0.334 e. The van der Waals surface area contributed by atoms with E-state index in [1.54, 1.807) is 24.0 Å². The molecular formula is C15H19ClN2O3. The van der Waals surface area contributed by atoms with Crippen LogP contribution in [0.25, 0.3) is 0 Å². The number of likely N-dealkylation sites (tertiary alicyclic amines) is 1. The molecule has 0 aliphatic carbocycles. The van der Waals surface area contributed by atoms with Crippen LogP contribution in [-0.4, -0.2) is 34.2 Å². The summed E-state index contributed by atoms with van der Waals surface area (Å²) in [5.41, 5.74) is 0.810. The van der Waals surface area contributed by atoms with Crippen molar-refractivity contribution in [2.75, 3.05) is 12.4 Å². The number of rotatable bonds is 3. The van der Waals surface area contributed by atoms with Gasteiger partial charge in [0, 0.05) is 35.7 Å². The van der Waals surface area contributed by atoms with Crippen molar-refractivity contribution in [2.24, 2.45) is 0 Å². The molecule has 1 unspecified atom stereocenters. The molecule has 1 saturated heterocycles. The van der Waals surface area contributed by atoms with Gasteiger partial charge < -0.3 is 4.90 Å². The summed E-state index contributed by atoms with van der Waals surface area (Å²) in [6.07, 6.45) is 4.00. The van der Waals surface area contributed by atoms with Crippen molar-refractivity contribution in [1.82, 2.24) is 4.90 Å². The fourth-order valence-electron chi connectivity index (χ4n) is 2.81. The zero-order chi connectivity index (χ0) is 15.4. The maximum Gasteiger partial charge on any atom is 0.273 e. The first-order valence-electron chi connectivity index (χ1n) is 7.17. The minimum atomic E-state index is -0.451. The highest BCUT2D eigenvalue weighted by molar-refractivity contribution is 6.18. The summed E-state index contributed by atoms with van der Waals surface area (Å²) in [7, 11) is 0. The van der Waals surface area contributed by atoms with Gasteiger partial charge in [-0.2, -0.15) is 0 Å². The van der Waals surface area contributed by atoms with Crippen molar-refractivity contribution in [1.29, 1.82) is 0 Å². The highest BCUT2D eigenvalue weighted by Crippen LogP contribution is 2.25. The van der Waals surface area contributed by atoms with Gasteiger partial charge in [-0.1, -0.05) is 18.9 Å². The number of nitro benzene ring substituents is 1. The lowest BCUT2D eigenvalue weighted by Crippen LogP contribution is -2.41. The van der Waals surface area contributed by atoms with Gasteiger partial charge in [0.1, 0.15) is 0 Å².